The van der Waals surface area contributed by atoms with Gasteiger partial charge in [-0.2, -0.15) is 8.78 Å². The van der Waals surface area contributed by atoms with Crippen LogP contribution >= 0.6 is 0 Å². The highest BCUT2D eigenvalue weighted by Crippen LogP contribution is 2.37. The van der Waals surface area contributed by atoms with Gasteiger partial charge >= 0.3 is 0 Å². The summed E-state index contributed by atoms with van der Waals surface area (Å²) >= 11 is 0. The Kier molecular flexibility index (Phi) is 4.76. The molecule has 2 unspecified atom stereocenters. The molecule has 112 valence electrons. The molecule has 2 atom stereocenters. The van der Waals surface area contributed by atoms with E-state index in [-0.39, 0.29) is 5.56 Å². The first-order valence-electron chi connectivity index (χ1n) is 7.25. The van der Waals surface area contributed by atoms with Gasteiger partial charge in [-0.3, -0.25) is 0 Å². The van der Waals surface area contributed by atoms with E-state index in [0.717, 1.165) is 25.7 Å². The molecule has 0 spiro atoms. The predicted molar refractivity (Wildman–Crippen MR) is 75.7 cm³/mol. The Bertz CT molecular complexity index is 424. The lowest BCUT2D eigenvalue weighted by molar-refractivity contribution is -0.155. The van der Waals surface area contributed by atoms with E-state index in [0.29, 0.717) is 12.5 Å². The van der Waals surface area contributed by atoms with Crippen molar-refractivity contribution in [1.29, 1.82) is 0 Å². The van der Waals surface area contributed by atoms with Crippen LogP contribution in [0, 0.1) is 5.92 Å². The van der Waals surface area contributed by atoms with Crippen molar-refractivity contribution in [1.82, 2.24) is 0 Å². The van der Waals surface area contributed by atoms with E-state index in [1.807, 2.05) is 0 Å². The maximum Gasteiger partial charge on any atom is 0.296 e. The van der Waals surface area contributed by atoms with Crippen molar-refractivity contribution in [2.24, 2.45) is 11.7 Å². The zero-order valence-corrected chi connectivity index (χ0v) is 11.9. The Balaban J connectivity index is 2.02. The van der Waals surface area contributed by atoms with Gasteiger partial charge in [-0.1, -0.05) is 50.1 Å². The van der Waals surface area contributed by atoms with Crippen molar-refractivity contribution < 1.29 is 13.5 Å². The first-order chi connectivity index (χ1) is 9.47. The van der Waals surface area contributed by atoms with Gasteiger partial charge in [0.2, 0.25) is 0 Å². The summed E-state index contributed by atoms with van der Waals surface area (Å²) in [5, 5.41) is 0. The lowest BCUT2D eigenvalue weighted by atomic mass is 9.79. The van der Waals surface area contributed by atoms with Crippen LogP contribution in [0.5, 0.6) is 0 Å². The summed E-state index contributed by atoms with van der Waals surface area (Å²) in [7, 11) is 0. The molecule has 2 rings (SSSR count). The fraction of sp³-hybridized carbons (Fsp3) is 0.625. The van der Waals surface area contributed by atoms with Gasteiger partial charge in [-0.25, -0.2) is 0 Å². The molecule has 1 aliphatic carbocycles. The number of rotatable bonds is 5. The van der Waals surface area contributed by atoms with Crippen LogP contribution in [-0.4, -0.2) is 18.8 Å². The van der Waals surface area contributed by atoms with E-state index in [9.17, 15) is 8.78 Å². The van der Waals surface area contributed by atoms with Gasteiger partial charge in [-0.05, 0) is 18.8 Å². The maximum atomic E-state index is 14.1. The molecular formula is C16H23F2NO. The van der Waals surface area contributed by atoms with Crippen molar-refractivity contribution in [3.63, 3.8) is 0 Å². The van der Waals surface area contributed by atoms with Gasteiger partial charge in [0.15, 0.2) is 0 Å². The summed E-state index contributed by atoms with van der Waals surface area (Å²) in [6, 6.07) is 7.82. The number of benzene rings is 1. The van der Waals surface area contributed by atoms with Crippen molar-refractivity contribution in [3.8, 4) is 0 Å². The molecular weight excluding hydrogens is 260 g/mol. The highest BCUT2D eigenvalue weighted by molar-refractivity contribution is 5.20. The molecule has 0 saturated heterocycles. The second-order valence-corrected chi connectivity index (χ2v) is 5.95. The smallest absolute Gasteiger partial charge is 0.296 e. The first-order valence-corrected chi connectivity index (χ1v) is 7.25. The van der Waals surface area contributed by atoms with Gasteiger partial charge in [-0.15, -0.1) is 0 Å². The Morgan fingerprint density at radius 2 is 2.05 bits per heavy atom. The monoisotopic (exact) mass is 283 g/mol. The quantitative estimate of drug-likeness (QED) is 0.894. The molecule has 20 heavy (non-hydrogen) atoms. The molecule has 0 aliphatic heterocycles. The Labute approximate surface area is 119 Å². The topological polar surface area (TPSA) is 35.2 Å². The third-order valence-electron chi connectivity index (χ3n) is 4.18. The molecule has 1 aromatic rings. The standard InChI is InChI=1S/C16H23F2NO/c1-13-6-5-9-15(10-13,11-19)20-12-16(17,18)14-7-3-2-4-8-14/h2-4,7-8,13H,5-6,9-12,19H2,1H3. The van der Waals surface area contributed by atoms with Gasteiger partial charge in [0, 0.05) is 12.1 Å². The van der Waals surface area contributed by atoms with Crippen molar-refractivity contribution in [2.45, 2.75) is 44.1 Å². The molecule has 0 aromatic heterocycles. The van der Waals surface area contributed by atoms with E-state index < -0.39 is 18.1 Å². The van der Waals surface area contributed by atoms with Gasteiger partial charge in [0.25, 0.3) is 5.92 Å². The van der Waals surface area contributed by atoms with E-state index in [4.69, 9.17) is 10.5 Å². The number of hydrogen-bond acceptors (Lipinski definition) is 2. The van der Waals surface area contributed by atoms with Crippen LogP contribution in [0.15, 0.2) is 30.3 Å². The Morgan fingerprint density at radius 1 is 1.35 bits per heavy atom. The third-order valence-corrected chi connectivity index (χ3v) is 4.18. The van der Waals surface area contributed by atoms with Crippen LogP contribution in [0.3, 0.4) is 0 Å². The molecule has 1 saturated carbocycles. The Morgan fingerprint density at radius 3 is 2.65 bits per heavy atom. The first kappa shape index (κ1) is 15.4. The lowest BCUT2D eigenvalue weighted by Gasteiger charge is -2.40. The van der Waals surface area contributed by atoms with Crippen molar-refractivity contribution in [3.05, 3.63) is 35.9 Å². The van der Waals surface area contributed by atoms with Crippen molar-refractivity contribution in [2.75, 3.05) is 13.2 Å². The minimum absolute atomic E-state index is 0.00368. The molecule has 2 N–H and O–H groups in total. The second-order valence-electron chi connectivity index (χ2n) is 5.95. The largest absolute Gasteiger partial charge is 0.367 e. The average Bonchev–Trinajstić information content (AvgIpc) is 2.46. The minimum Gasteiger partial charge on any atom is -0.367 e. The zero-order valence-electron chi connectivity index (χ0n) is 11.9. The van der Waals surface area contributed by atoms with Crippen LogP contribution in [0.25, 0.3) is 0 Å². The normalized spacial score (nSPS) is 27.5. The SMILES string of the molecule is CC1CCCC(CN)(OCC(F)(F)c2ccccc2)C1. The highest BCUT2D eigenvalue weighted by Gasteiger charge is 2.39. The second kappa shape index (κ2) is 6.19. The molecule has 1 aliphatic rings. The number of halogens is 2. The summed E-state index contributed by atoms with van der Waals surface area (Å²) in [5.41, 5.74) is 5.22. The average molecular weight is 283 g/mol. The molecule has 4 heteroatoms. The summed E-state index contributed by atoms with van der Waals surface area (Å²) < 4.78 is 33.9. The number of alkyl halides is 2. The molecule has 0 radical (unpaired) electrons. The van der Waals surface area contributed by atoms with E-state index in [1.165, 1.54) is 12.1 Å². The molecule has 0 bridgehead atoms. The summed E-state index contributed by atoms with van der Waals surface area (Å²) in [4.78, 5) is 0. The molecule has 0 heterocycles. The summed E-state index contributed by atoms with van der Waals surface area (Å²) in [6.07, 6.45) is 3.67. The highest BCUT2D eigenvalue weighted by atomic mass is 19.3. The third kappa shape index (κ3) is 3.55. The molecule has 2 nitrogen and oxygen atoms in total. The predicted octanol–water partition coefficient (Wildman–Crippen LogP) is 3.70. The van der Waals surface area contributed by atoms with Gasteiger partial charge in [0.1, 0.15) is 6.61 Å². The Hall–Kier alpha value is -1.00. The fourth-order valence-corrected chi connectivity index (χ4v) is 3.00. The minimum atomic E-state index is -2.97. The van der Waals surface area contributed by atoms with Gasteiger partial charge < -0.3 is 10.5 Å². The number of hydrogen-bond donors (Lipinski definition) is 1. The maximum absolute atomic E-state index is 14.1. The van der Waals surface area contributed by atoms with E-state index in [1.54, 1.807) is 18.2 Å². The van der Waals surface area contributed by atoms with Crippen molar-refractivity contribution >= 4 is 0 Å². The molecule has 1 fully saturated rings. The summed E-state index contributed by atoms with van der Waals surface area (Å²) in [5.74, 6) is -2.48. The van der Waals surface area contributed by atoms with Crippen LogP contribution in [0.4, 0.5) is 8.78 Å². The van der Waals surface area contributed by atoms with Crippen LogP contribution < -0.4 is 5.73 Å². The molecule has 1 aromatic carbocycles. The summed E-state index contributed by atoms with van der Waals surface area (Å²) in [6.45, 7) is 1.84. The van der Waals surface area contributed by atoms with Crippen LogP contribution in [0.1, 0.15) is 38.2 Å². The number of nitrogens with two attached hydrogens (primary N) is 1. The van der Waals surface area contributed by atoms with Crippen LogP contribution in [-0.2, 0) is 10.7 Å². The number of ether oxygens (including phenoxy) is 1. The lowest BCUT2D eigenvalue weighted by Crippen LogP contribution is -2.46. The zero-order chi connectivity index (χ0) is 14.6. The fourth-order valence-electron chi connectivity index (χ4n) is 3.00. The molecule has 0 amide bonds. The van der Waals surface area contributed by atoms with E-state index >= 15 is 0 Å². The van der Waals surface area contributed by atoms with Gasteiger partial charge in [0.05, 0.1) is 5.60 Å². The van der Waals surface area contributed by atoms with Crippen LogP contribution in [0.2, 0.25) is 0 Å². The van der Waals surface area contributed by atoms with E-state index in [2.05, 4.69) is 6.92 Å².